The average Bonchev–Trinajstić information content (AvgIpc) is 2.51. The van der Waals surface area contributed by atoms with Crippen molar-refractivity contribution < 1.29 is 18.0 Å². The zero-order chi connectivity index (χ0) is 17.2. The lowest BCUT2D eigenvalue weighted by Gasteiger charge is -2.40. The van der Waals surface area contributed by atoms with Crippen LogP contribution in [0.4, 0.5) is 19.0 Å². The Balaban J connectivity index is 1.47. The molecule has 1 N–H and O–H groups in total. The van der Waals surface area contributed by atoms with Crippen molar-refractivity contribution in [1.82, 2.24) is 10.3 Å². The van der Waals surface area contributed by atoms with Crippen LogP contribution in [0, 0.1) is 0 Å². The van der Waals surface area contributed by atoms with Gasteiger partial charge in [-0.2, -0.15) is 13.2 Å². The third-order valence-corrected chi connectivity index (χ3v) is 3.87. The number of hydrogen-bond acceptors (Lipinski definition) is 3. The Labute approximate surface area is 137 Å². The molecule has 1 saturated heterocycles. The fraction of sp³-hybridized carbons (Fsp3) is 0.294. The van der Waals surface area contributed by atoms with Crippen molar-refractivity contribution in [3.63, 3.8) is 0 Å². The summed E-state index contributed by atoms with van der Waals surface area (Å²) in [6.07, 6.45) is -2.58. The van der Waals surface area contributed by atoms with Gasteiger partial charge in [0.1, 0.15) is 5.82 Å². The molecule has 1 aromatic carbocycles. The molecular weight excluding hydrogens is 319 g/mol. The highest BCUT2D eigenvalue weighted by Gasteiger charge is 2.30. The van der Waals surface area contributed by atoms with Crippen LogP contribution in [0.15, 0.2) is 48.7 Å². The minimum atomic E-state index is -4.36. The monoisotopic (exact) mass is 335 g/mol. The fourth-order valence-corrected chi connectivity index (χ4v) is 2.57. The van der Waals surface area contributed by atoms with Crippen LogP contribution in [-0.2, 0) is 17.4 Å². The van der Waals surface area contributed by atoms with E-state index < -0.39 is 11.7 Å². The van der Waals surface area contributed by atoms with Gasteiger partial charge in [-0.25, -0.2) is 4.98 Å². The van der Waals surface area contributed by atoms with E-state index in [1.54, 1.807) is 6.20 Å². The molecule has 1 aromatic heterocycles. The average molecular weight is 335 g/mol. The van der Waals surface area contributed by atoms with Gasteiger partial charge < -0.3 is 10.2 Å². The molecule has 1 amide bonds. The van der Waals surface area contributed by atoms with Crippen LogP contribution in [0.3, 0.4) is 0 Å². The topological polar surface area (TPSA) is 45.2 Å². The third kappa shape index (κ3) is 3.84. The van der Waals surface area contributed by atoms with Gasteiger partial charge in [0.15, 0.2) is 0 Å². The maximum atomic E-state index is 12.5. The van der Waals surface area contributed by atoms with Crippen molar-refractivity contribution in [1.29, 1.82) is 0 Å². The molecule has 4 nitrogen and oxygen atoms in total. The van der Waals surface area contributed by atoms with Crippen LogP contribution >= 0.6 is 0 Å². The largest absolute Gasteiger partial charge is 0.416 e. The number of pyridine rings is 1. The molecule has 0 aliphatic carbocycles. The summed E-state index contributed by atoms with van der Waals surface area (Å²) in [7, 11) is 0. The number of rotatable bonds is 4. The predicted molar refractivity (Wildman–Crippen MR) is 83.5 cm³/mol. The van der Waals surface area contributed by atoms with Crippen LogP contribution in [-0.4, -0.2) is 30.0 Å². The molecule has 1 fully saturated rings. The molecular formula is C17H16F3N3O. The van der Waals surface area contributed by atoms with Gasteiger partial charge in [-0.1, -0.05) is 18.2 Å². The number of nitrogens with one attached hydrogen (secondary N) is 1. The van der Waals surface area contributed by atoms with E-state index in [-0.39, 0.29) is 18.4 Å². The first-order valence-corrected chi connectivity index (χ1v) is 7.53. The summed E-state index contributed by atoms with van der Waals surface area (Å²) in [6.45, 7) is 1.35. The summed E-state index contributed by atoms with van der Waals surface area (Å²) in [5, 5.41) is 2.88. The number of halogens is 3. The third-order valence-electron chi connectivity index (χ3n) is 3.87. The highest BCUT2D eigenvalue weighted by Crippen LogP contribution is 2.29. The maximum Gasteiger partial charge on any atom is 0.416 e. The number of hydrogen-bond donors (Lipinski definition) is 1. The first kappa shape index (κ1) is 16.3. The van der Waals surface area contributed by atoms with Gasteiger partial charge in [0.05, 0.1) is 18.0 Å². The van der Waals surface area contributed by atoms with Crippen LogP contribution in [0.5, 0.6) is 0 Å². The van der Waals surface area contributed by atoms with Crippen LogP contribution < -0.4 is 10.2 Å². The summed E-state index contributed by atoms with van der Waals surface area (Å²) >= 11 is 0. The van der Waals surface area contributed by atoms with Crippen LogP contribution in [0.1, 0.15) is 11.1 Å². The molecule has 7 heteroatoms. The minimum Gasteiger partial charge on any atom is -0.352 e. The molecule has 0 spiro atoms. The van der Waals surface area contributed by atoms with Gasteiger partial charge in [-0.3, -0.25) is 4.79 Å². The Morgan fingerprint density at radius 1 is 1.17 bits per heavy atom. The maximum absolute atomic E-state index is 12.5. The SMILES string of the molecule is O=C(Cc1ccc(C(F)(F)F)cc1)NC1CN(c2ccccn2)C1. The molecule has 0 unspecified atom stereocenters. The van der Waals surface area contributed by atoms with Gasteiger partial charge in [0.25, 0.3) is 0 Å². The normalized spacial score (nSPS) is 15.0. The Morgan fingerprint density at radius 3 is 2.46 bits per heavy atom. The number of nitrogens with zero attached hydrogens (tertiary/aromatic N) is 2. The van der Waals surface area contributed by atoms with E-state index >= 15 is 0 Å². The van der Waals surface area contributed by atoms with Gasteiger partial charge in [-0.15, -0.1) is 0 Å². The molecule has 0 radical (unpaired) electrons. The Hall–Kier alpha value is -2.57. The molecule has 0 saturated carbocycles. The van der Waals surface area contributed by atoms with Gasteiger partial charge in [0, 0.05) is 19.3 Å². The number of amides is 1. The molecule has 0 atom stereocenters. The molecule has 24 heavy (non-hydrogen) atoms. The van der Waals surface area contributed by atoms with E-state index in [0.29, 0.717) is 18.7 Å². The number of alkyl halides is 3. The van der Waals surface area contributed by atoms with E-state index in [1.165, 1.54) is 12.1 Å². The van der Waals surface area contributed by atoms with Gasteiger partial charge in [-0.05, 0) is 29.8 Å². The first-order chi connectivity index (χ1) is 11.4. The Bertz CT molecular complexity index is 695. The van der Waals surface area contributed by atoms with Crippen molar-refractivity contribution in [2.75, 3.05) is 18.0 Å². The fourth-order valence-electron chi connectivity index (χ4n) is 2.57. The molecule has 126 valence electrons. The van der Waals surface area contributed by atoms with E-state index in [0.717, 1.165) is 18.0 Å². The van der Waals surface area contributed by atoms with Crippen LogP contribution in [0.25, 0.3) is 0 Å². The second kappa shape index (κ2) is 6.51. The van der Waals surface area contributed by atoms with E-state index in [4.69, 9.17) is 0 Å². The molecule has 0 bridgehead atoms. The van der Waals surface area contributed by atoms with Crippen molar-refractivity contribution in [3.8, 4) is 0 Å². The standard InChI is InChI=1S/C17H16F3N3O/c18-17(19,20)13-6-4-12(5-7-13)9-16(24)22-14-10-23(11-14)15-3-1-2-8-21-15/h1-8,14H,9-11H2,(H,22,24). The predicted octanol–water partition coefficient (Wildman–Crippen LogP) is 2.65. The lowest BCUT2D eigenvalue weighted by molar-refractivity contribution is -0.137. The smallest absolute Gasteiger partial charge is 0.352 e. The molecule has 2 heterocycles. The lowest BCUT2D eigenvalue weighted by Crippen LogP contribution is -2.59. The highest BCUT2D eigenvalue weighted by atomic mass is 19.4. The number of carbonyl (C=O) groups excluding carboxylic acids is 1. The van der Waals surface area contributed by atoms with E-state index in [2.05, 4.69) is 10.3 Å². The van der Waals surface area contributed by atoms with Crippen molar-refractivity contribution in [2.24, 2.45) is 0 Å². The summed E-state index contributed by atoms with van der Waals surface area (Å²) in [4.78, 5) is 18.2. The van der Waals surface area contributed by atoms with Crippen molar-refractivity contribution >= 4 is 11.7 Å². The quantitative estimate of drug-likeness (QED) is 0.934. The molecule has 1 aliphatic heterocycles. The molecule has 1 aliphatic rings. The summed E-state index contributed by atoms with van der Waals surface area (Å²) < 4.78 is 37.5. The minimum absolute atomic E-state index is 0.0361. The van der Waals surface area contributed by atoms with Gasteiger partial charge in [0.2, 0.25) is 5.91 Å². The van der Waals surface area contributed by atoms with Crippen LogP contribution in [0.2, 0.25) is 0 Å². The van der Waals surface area contributed by atoms with Crippen molar-refractivity contribution in [3.05, 3.63) is 59.8 Å². The second-order valence-corrected chi connectivity index (χ2v) is 5.73. The number of carbonyl (C=O) groups is 1. The zero-order valence-corrected chi connectivity index (χ0v) is 12.8. The number of benzene rings is 1. The van der Waals surface area contributed by atoms with E-state index in [9.17, 15) is 18.0 Å². The summed E-state index contributed by atoms with van der Waals surface area (Å²) in [6, 6.07) is 10.3. The summed E-state index contributed by atoms with van der Waals surface area (Å²) in [5.74, 6) is 0.672. The second-order valence-electron chi connectivity index (χ2n) is 5.73. The molecule has 3 rings (SSSR count). The Morgan fingerprint density at radius 2 is 1.88 bits per heavy atom. The number of anilines is 1. The zero-order valence-electron chi connectivity index (χ0n) is 12.8. The first-order valence-electron chi connectivity index (χ1n) is 7.53. The van der Waals surface area contributed by atoms with E-state index in [1.807, 2.05) is 23.1 Å². The lowest BCUT2D eigenvalue weighted by atomic mass is 10.1. The molecule has 2 aromatic rings. The number of aromatic nitrogens is 1. The highest BCUT2D eigenvalue weighted by molar-refractivity contribution is 5.79. The Kier molecular flexibility index (Phi) is 4.42. The summed E-state index contributed by atoms with van der Waals surface area (Å²) in [5.41, 5.74) is -0.155. The van der Waals surface area contributed by atoms with Crippen molar-refractivity contribution in [2.45, 2.75) is 18.6 Å². The van der Waals surface area contributed by atoms with Gasteiger partial charge >= 0.3 is 6.18 Å².